The Morgan fingerprint density at radius 1 is 0.930 bits per heavy atom. The number of para-hydroxylation sites is 1. The number of aromatic amines is 1. The van der Waals surface area contributed by atoms with Crippen molar-refractivity contribution < 1.29 is 31.4 Å². The fraction of sp³-hybridized carbons (Fsp3) is 0.235. The molecule has 220 valence electrons. The Morgan fingerprint density at radius 3 is 2.47 bits per heavy atom. The Balaban J connectivity index is 1.28. The van der Waals surface area contributed by atoms with E-state index in [-0.39, 0.29) is 30.1 Å². The highest BCUT2D eigenvalue weighted by molar-refractivity contribution is 5.85. The number of nitrogens with zero attached hydrogens (tertiary/aromatic N) is 1. The summed E-state index contributed by atoms with van der Waals surface area (Å²) in [6, 6.07) is 20.9. The molecule has 0 fully saturated rings. The minimum atomic E-state index is -4.63. The number of ether oxygens (including phenoxy) is 2. The number of alkyl halides is 3. The van der Waals surface area contributed by atoms with Gasteiger partial charge in [-0.15, -0.1) is 0 Å². The van der Waals surface area contributed by atoms with Crippen molar-refractivity contribution in [1.29, 1.82) is 0 Å². The number of hydrogen-bond acceptors (Lipinski definition) is 3. The highest BCUT2D eigenvalue weighted by atomic mass is 19.4. The summed E-state index contributed by atoms with van der Waals surface area (Å²) < 4.78 is 79.2. The standard InChI is InChI=1S/C34H27F5N2O2/c1-42-30-14-20-12-13-41-29(25(20)17-31(30)43-18-21-6-9-22(15-27(21)36)34(37,38)39)16-26-24-4-2-3-5-28(24)40-32(26)33(41)19-7-10-23(35)11-8-19/h2-11,14-15,17,29,33,40H,12-13,16,18H2,1H3. The van der Waals surface area contributed by atoms with E-state index < -0.39 is 17.6 Å². The third-order valence-corrected chi connectivity index (χ3v) is 8.62. The fourth-order valence-corrected chi connectivity index (χ4v) is 6.57. The molecule has 1 aromatic heterocycles. The van der Waals surface area contributed by atoms with E-state index in [4.69, 9.17) is 9.47 Å². The molecule has 1 N–H and O–H groups in total. The zero-order valence-corrected chi connectivity index (χ0v) is 23.1. The number of methoxy groups -OCH3 is 1. The van der Waals surface area contributed by atoms with E-state index in [1.165, 1.54) is 24.8 Å². The summed E-state index contributed by atoms with van der Waals surface area (Å²) in [5.41, 5.74) is 5.41. The van der Waals surface area contributed by atoms with Crippen LogP contribution in [-0.4, -0.2) is 23.5 Å². The smallest absolute Gasteiger partial charge is 0.416 e. The lowest BCUT2D eigenvalue weighted by molar-refractivity contribution is -0.137. The van der Waals surface area contributed by atoms with Crippen molar-refractivity contribution in [1.82, 2.24) is 9.88 Å². The van der Waals surface area contributed by atoms with E-state index in [2.05, 4.69) is 22.0 Å². The molecule has 3 heterocycles. The first kappa shape index (κ1) is 27.5. The van der Waals surface area contributed by atoms with Crippen LogP contribution in [0.1, 0.15) is 51.2 Å². The largest absolute Gasteiger partial charge is 0.493 e. The summed E-state index contributed by atoms with van der Waals surface area (Å²) in [6.07, 6.45) is -3.17. The molecule has 0 aliphatic carbocycles. The van der Waals surface area contributed by atoms with Crippen LogP contribution in [0, 0.1) is 11.6 Å². The first-order valence-corrected chi connectivity index (χ1v) is 14.0. The number of benzene rings is 4. The molecule has 2 aliphatic heterocycles. The van der Waals surface area contributed by atoms with Gasteiger partial charge in [0.1, 0.15) is 18.2 Å². The number of aromatic nitrogens is 1. The van der Waals surface area contributed by atoms with Crippen molar-refractivity contribution in [3.05, 3.63) is 130 Å². The SMILES string of the molecule is COc1cc2c(cc1OCc1ccc(C(F)(F)F)cc1F)C1Cc3c([nH]c4ccccc34)C(c3ccc(F)cc3)N1CC2. The number of H-pyrrole nitrogens is 1. The summed E-state index contributed by atoms with van der Waals surface area (Å²) in [5, 5.41) is 1.14. The lowest BCUT2D eigenvalue weighted by Crippen LogP contribution is -2.43. The van der Waals surface area contributed by atoms with Crippen molar-refractivity contribution in [2.24, 2.45) is 0 Å². The van der Waals surface area contributed by atoms with Crippen LogP contribution in [0.3, 0.4) is 0 Å². The van der Waals surface area contributed by atoms with Crippen LogP contribution >= 0.6 is 0 Å². The number of fused-ring (bicyclic) bond motifs is 6. The maximum absolute atomic E-state index is 14.6. The monoisotopic (exact) mass is 590 g/mol. The average Bonchev–Trinajstić information content (AvgIpc) is 3.37. The van der Waals surface area contributed by atoms with Gasteiger partial charge in [0.2, 0.25) is 0 Å². The molecule has 2 unspecified atom stereocenters. The van der Waals surface area contributed by atoms with E-state index in [9.17, 15) is 22.0 Å². The molecule has 0 saturated carbocycles. The van der Waals surface area contributed by atoms with Crippen LogP contribution in [0.2, 0.25) is 0 Å². The normalized spacial score (nSPS) is 18.2. The summed E-state index contributed by atoms with van der Waals surface area (Å²) >= 11 is 0. The van der Waals surface area contributed by atoms with E-state index in [0.29, 0.717) is 17.6 Å². The van der Waals surface area contributed by atoms with Gasteiger partial charge in [-0.2, -0.15) is 13.2 Å². The number of hydrogen-bond donors (Lipinski definition) is 1. The van der Waals surface area contributed by atoms with Crippen molar-refractivity contribution in [3.63, 3.8) is 0 Å². The minimum Gasteiger partial charge on any atom is -0.493 e. The Labute approximate surface area is 244 Å². The lowest BCUT2D eigenvalue weighted by Gasteiger charge is -2.46. The maximum Gasteiger partial charge on any atom is 0.416 e. The Bertz CT molecular complexity index is 1830. The average molecular weight is 591 g/mol. The summed E-state index contributed by atoms with van der Waals surface area (Å²) in [4.78, 5) is 6.05. The van der Waals surface area contributed by atoms with Crippen molar-refractivity contribution >= 4 is 10.9 Å². The number of rotatable bonds is 5. The van der Waals surface area contributed by atoms with Crippen LogP contribution in [0.4, 0.5) is 22.0 Å². The van der Waals surface area contributed by atoms with Crippen LogP contribution in [0.15, 0.2) is 78.9 Å². The molecule has 0 radical (unpaired) electrons. The van der Waals surface area contributed by atoms with Gasteiger partial charge < -0.3 is 14.5 Å². The zero-order chi connectivity index (χ0) is 29.9. The van der Waals surface area contributed by atoms with Gasteiger partial charge in [-0.1, -0.05) is 36.4 Å². The second-order valence-electron chi connectivity index (χ2n) is 11.0. The molecule has 7 rings (SSSR count). The highest BCUT2D eigenvalue weighted by Gasteiger charge is 2.41. The minimum absolute atomic E-state index is 0.00637. The van der Waals surface area contributed by atoms with Crippen molar-refractivity contribution in [3.8, 4) is 11.5 Å². The Hall–Kier alpha value is -4.37. The Morgan fingerprint density at radius 2 is 1.72 bits per heavy atom. The predicted octanol–water partition coefficient (Wildman–Crippen LogP) is 8.30. The molecular weight excluding hydrogens is 563 g/mol. The topological polar surface area (TPSA) is 37.5 Å². The third kappa shape index (κ3) is 4.81. The fourth-order valence-electron chi connectivity index (χ4n) is 6.57. The maximum atomic E-state index is 14.6. The molecule has 0 bridgehead atoms. The van der Waals surface area contributed by atoms with Crippen LogP contribution in [0.5, 0.6) is 11.5 Å². The van der Waals surface area contributed by atoms with Gasteiger partial charge in [0, 0.05) is 34.7 Å². The van der Waals surface area contributed by atoms with Gasteiger partial charge in [0.25, 0.3) is 0 Å². The zero-order valence-electron chi connectivity index (χ0n) is 23.1. The molecule has 0 amide bonds. The van der Waals surface area contributed by atoms with Gasteiger partial charge in [0.15, 0.2) is 11.5 Å². The molecule has 4 aromatic carbocycles. The Kier molecular flexibility index (Phi) is 6.65. The first-order chi connectivity index (χ1) is 20.7. The molecule has 4 nitrogen and oxygen atoms in total. The van der Waals surface area contributed by atoms with Crippen LogP contribution in [-0.2, 0) is 25.6 Å². The molecule has 0 spiro atoms. The molecule has 2 aliphatic rings. The molecule has 5 aromatic rings. The van der Waals surface area contributed by atoms with E-state index in [0.717, 1.165) is 64.8 Å². The molecule has 43 heavy (non-hydrogen) atoms. The summed E-state index contributed by atoms with van der Waals surface area (Å²) in [5.74, 6) is -0.432. The predicted molar refractivity (Wildman–Crippen MR) is 152 cm³/mol. The van der Waals surface area contributed by atoms with Crippen molar-refractivity contribution in [2.45, 2.75) is 37.7 Å². The van der Waals surface area contributed by atoms with Gasteiger partial charge in [0.05, 0.1) is 18.7 Å². The molecule has 2 atom stereocenters. The number of halogens is 5. The molecular formula is C34H27F5N2O2. The highest BCUT2D eigenvalue weighted by Crippen LogP contribution is 2.49. The second kappa shape index (κ2) is 10.4. The van der Waals surface area contributed by atoms with Gasteiger partial charge in [-0.05, 0) is 77.6 Å². The van der Waals surface area contributed by atoms with E-state index in [1.807, 2.05) is 36.4 Å². The lowest BCUT2D eigenvalue weighted by atomic mass is 9.80. The van der Waals surface area contributed by atoms with Gasteiger partial charge in [-0.3, -0.25) is 4.90 Å². The number of nitrogens with one attached hydrogen (secondary N) is 1. The first-order valence-electron chi connectivity index (χ1n) is 14.0. The molecule has 9 heteroatoms. The van der Waals surface area contributed by atoms with Crippen LogP contribution < -0.4 is 9.47 Å². The molecule has 0 saturated heterocycles. The van der Waals surface area contributed by atoms with Gasteiger partial charge in [-0.25, -0.2) is 8.78 Å². The second-order valence-corrected chi connectivity index (χ2v) is 11.0. The van der Waals surface area contributed by atoms with E-state index in [1.54, 1.807) is 0 Å². The van der Waals surface area contributed by atoms with Gasteiger partial charge >= 0.3 is 6.18 Å². The summed E-state index contributed by atoms with van der Waals surface area (Å²) in [6.45, 7) is 0.493. The quantitative estimate of drug-likeness (QED) is 0.209. The van der Waals surface area contributed by atoms with Crippen LogP contribution in [0.25, 0.3) is 10.9 Å². The van der Waals surface area contributed by atoms with E-state index >= 15 is 0 Å². The van der Waals surface area contributed by atoms with Crippen molar-refractivity contribution in [2.75, 3.05) is 13.7 Å². The third-order valence-electron chi connectivity index (χ3n) is 8.62. The summed E-state index contributed by atoms with van der Waals surface area (Å²) in [7, 11) is 1.52.